The van der Waals surface area contributed by atoms with Crippen molar-refractivity contribution in [2.75, 3.05) is 23.3 Å². The lowest BCUT2D eigenvalue weighted by atomic mass is 10.3. The van der Waals surface area contributed by atoms with Crippen molar-refractivity contribution in [1.82, 2.24) is 15.0 Å². The Morgan fingerprint density at radius 1 is 1.30 bits per heavy atom. The summed E-state index contributed by atoms with van der Waals surface area (Å²) in [5, 5.41) is 3.25. The summed E-state index contributed by atoms with van der Waals surface area (Å²) < 4.78 is 14.5. The van der Waals surface area contributed by atoms with Gasteiger partial charge in [-0.05, 0) is 34.5 Å². The Kier molecular flexibility index (Phi) is 3.77. The first-order valence-electron chi connectivity index (χ1n) is 6.32. The van der Waals surface area contributed by atoms with Gasteiger partial charge in [0.2, 0.25) is 5.95 Å². The lowest BCUT2D eigenvalue weighted by Crippen LogP contribution is -2.27. The number of aromatic nitrogens is 3. The maximum atomic E-state index is 13.9. The highest BCUT2D eigenvalue weighted by molar-refractivity contribution is 9.10. The summed E-state index contributed by atoms with van der Waals surface area (Å²) in [6, 6.07) is 3.40. The van der Waals surface area contributed by atoms with Crippen LogP contribution in [0.3, 0.4) is 0 Å². The van der Waals surface area contributed by atoms with Gasteiger partial charge in [0.25, 0.3) is 0 Å². The van der Waals surface area contributed by atoms with Gasteiger partial charge in [0.05, 0.1) is 0 Å². The number of pyridine rings is 1. The molecule has 5 nitrogen and oxygen atoms in total. The van der Waals surface area contributed by atoms with E-state index in [-0.39, 0.29) is 11.9 Å². The van der Waals surface area contributed by atoms with Crippen molar-refractivity contribution in [1.29, 1.82) is 0 Å². The van der Waals surface area contributed by atoms with E-state index in [2.05, 4.69) is 36.2 Å². The second kappa shape index (κ2) is 5.70. The van der Waals surface area contributed by atoms with E-state index in [1.54, 1.807) is 24.7 Å². The zero-order valence-corrected chi connectivity index (χ0v) is 12.2. The average Bonchev–Trinajstić information content (AvgIpc) is 2.88. The van der Waals surface area contributed by atoms with Crippen molar-refractivity contribution < 1.29 is 4.39 Å². The van der Waals surface area contributed by atoms with E-state index in [0.717, 1.165) is 13.0 Å². The lowest BCUT2D eigenvalue weighted by molar-refractivity contribution is 0.614. The van der Waals surface area contributed by atoms with Crippen molar-refractivity contribution in [3.8, 4) is 0 Å². The van der Waals surface area contributed by atoms with Crippen LogP contribution in [0.25, 0.3) is 0 Å². The highest BCUT2D eigenvalue weighted by Gasteiger charge is 2.25. The number of nitrogens with zero attached hydrogens (tertiary/aromatic N) is 4. The summed E-state index contributed by atoms with van der Waals surface area (Å²) in [4.78, 5) is 14.3. The first-order valence-corrected chi connectivity index (χ1v) is 7.11. The van der Waals surface area contributed by atoms with Crippen LogP contribution >= 0.6 is 15.9 Å². The fraction of sp³-hybridized carbons (Fsp3) is 0.308. The number of halogens is 2. The monoisotopic (exact) mass is 337 g/mol. The highest BCUT2D eigenvalue weighted by atomic mass is 79.9. The molecular formula is C13H13BrFN5. The van der Waals surface area contributed by atoms with Crippen LogP contribution in [0.15, 0.2) is 35.2 Å². The first-order chi connectivity index (χ1) is 9.72. The molecule has 1 aliphatic heterocycles. The largest absolute Gasteiger partial charge is 0.352 e. The van der Waals surface area contributed by atoms with E-state index in [9.17, 15) is 4.39 Å². The van der Waals surface area contributed by atoms with Gasteiger partial charge in [0, 0.05) is 42.2 Å². The fourth-order valence-electron chi connectivity index (χ4n) is 2.27. The molecule has 0 aliphatic carbocycles. The molecule has 0 aromatic carbocycles. The third kappa shape index (κ3) is 2.87. The molecule has 0 bridgehead atoms. The first kappa shape index (κ1) is 13.2. The number of rotatable bonds is 3. The molecule has 104 valence electrons. The third-order valence-electron chi connectivity index (χ3n) is 3.18. The second-order valence-corrected chi connectivity index (χ2v) is 5.52. The van der Waals surface area contributed by atoms with Crippen LogP contribution in [-0.2, 0) is 0 Å². The molecule has 0 spiro atoms. The van der Waals surface area contributed by atoms with Crippen LogP contribution in [0.5, 0.6) is 0 Å². The topological polar surface area (TPSA) is 53.9 Å². The van der Waals surface area contributed by atoms with Crippen molar-refractivity contribution in [3.63, 3.8) is 0 Å². The van der Waals surface area contributed by atoms with E-state index in [4.69, 9.17) is 0 Å². The zero-order chi connectivity index (χ0) is 13.9. The predicted octanol–water partition coefficient (Wildman–Crippen LogP) is 2.46. The van der Waals surface area contributed by atoms with Crippen LogP contribution in [-0.4, -0.2) is 34.1 Å². The van der Waals surface area contributed by atoms with Gasteiger partial charge in [0.15, 0.2) is 11.6 Å². The van der Waals surface area contributed by atoms with Gasteiger partial charge in [-0.25, -0.2) is 19.3 Å². The van der Waals surface area contributed by atoms with E-state index < -0.39 is 0 Å². The molecule has 0 radical (unpaired) electrons. The van der Waals surface area contributed by atoms with E-state index in [0.29, 0.717) is 22.8 Å². The molecule has 0 saturated carbocycles. The minimum Gasteiger partial charge on any atom is -0.352 e. The van der Waals surface area contributed by atoms with Gasteiger partial charge in [-0.2, -0.15) is 0 Å². The Morgan fingerprint density at radius 3 is 2.85 bits per heavy atom. The molecule has 1 fully saturated rings. The van der Waals surface area contributed by atoms with Crippen LogP contribution in [0, 0.1) is 5.82 Å². The maximum Gasteiger partial charge on any atom is 0.222 e. The summed E-state index contributed by atoms with van der Waals surface area (Å²) in [5.74, 6) is 0.686. The molecule has 1 saturated heterocycles. The van der Waals surface area contributed by atoms with E-state index in [1.165, 1.54) is 6.07 Å². The molecule has 20 heavy (non-hydrogen) atoms. The van der Waals surface area contributed by atoms with Gasteiger partial charge in [-0.1, -0.05) is 0 Å². The van der Waals surface area contributed by atoms with Crippen LogP contribution in [0.4, 0.5) is 16.2 Å². The SMILES string of the molecule is Fc1cc(Br)cnc1N1CCC(Nc2ncccn2)C1. The average molecular weight is 338 g/mol. The van der Waals surface area contributed by atoms with E-state index >= 15 is 0 Å². The smallest absolute Gasteiger partial charge is 0.222 e. The number of hydrogen-bond acceptors (Lipinski definition) is 5. The van der Waals surface area contributed by atoms with Crippen LogP contribution in [0.2, 0.25) is 0 Å². The van der Waals surface area contributed by atoms with Crippen LogP contribution < -0.4 is 10.2 Å². The van der Waals surface area contributed by atoms with Gasteiger partial charge in [-0.3, -0.25) is 0 Å². The summed E-state index contributed by atoms with van der Waals surface area (Å²) in [6.45, 7) is 1.44. The maximum absolute atomic E-state index is 13.9. The number of anilines is 2. The Hall–Kier alpha value is -1.76. The van der Waals surface area contributed by atoms with Gasteiger partial charge >= 0.3 is 0 Å². The molecular weight excluding hydrogens is 325 g/mol. The Labute approximate surface area is 124 Å². The molecule has 3 rings (SSSR count). The van der Waals surface area contributed by atoms with Crippen LogP contribution in [0.1, 0.15) is 6.42 Å². The van der Waals surface area contributed by atoms with Crippen molar-refractivity contribution in [2.45, 2.75) is 12.5 Å². The minimum absolute atomic E-state index is 0.197. The van der Waals surface area contributed by atoms with Crippen molar-refractivity contribution in [3.05, 3.63) is 41.0 Å². The fourth-order valence-corrected chi connectivity index (χ4v) is 2.57. The van der Waals surface area contributed by atoms with Gasteiger partial charge < -0.3 is 10.2 Å². The van der Waals surface area contributed by atoms with Gasteiger partial charge in [-0.15, -0.1) is 0 Å². The molecule has 1 unspecified atom stereocenters. The van der Waals surface area contributed by atoms with Crippen molar-refractivity contribution in [2.24, 2.45) is 0 Å². The number of hydrogen-bond donors (Lipinski definition) is 1. The molecule has 1 aliphatic rings. The summed E-state index contributed by atoms with van der Waals surface area (Å²) in [7, 11) is 0. The molecule has 3 heterocycles. The molecule has 1 atom stereocenters. The molecule has 2 aromatic rings. The highest BCUT2D eigenvalue weighted by Crippen LogP contribution is 2.24. The van der Waals surface area contributed by atoms with E-state index in [1.807, 2.05) is 4.90 Å². The third-order valence-corrected chi connectivity index (χ3v) is 3.61. The van der Waals surface area contributed by atoms with Gasteiger partial charge in [0.1, 0.15) is 0 Å². The summed E-state index contributed by atoms with van der Waals surface area (Å²) in [5.41, 5.74) is 0. The number of nitrogens with one attached hydrogen (secondary N) is 1. The lowest BCUT2D eigenvalue weighted by Gasteiger charge is -2.18. The Balaban J connectivity index is 1.67. The molecule has 0 amide bonds. The standard InChI is InChI=1S/C13H13BrFN5/c14-9-6-11(15)12(18-7-9)20-5-2-10(8-20)19-13-16-3-1-4-17-13/h1,3-4,6-7,10H,2,5,8H2,(H,16,17,19). The molecule has 7 heteroatoms. The summed E-state index contributed by atoms with van der Waals surface area (Å²) >= 11 is 3.21. The van der Waals surface area contributed by atoms with Crippen molar-refractivity contribution >= 4 is 27.7 Å². The zero-order valence-electron chi connectivity index (χ0n) is 10.6. The molecule has 2 aromatic heterocycles. The predicted molar refractivity (Wildman–Crippen MR) is 78.2 cm³/mol. The summed E-state index contributed by atoms with van der Waals surface area (Å²) in [6.07, 6.45) is 5.89. The Bertz CT molecular complexity index is 595. The quantitative estimate of drug-likeness (QED) is 0.932. The Morgan fingerprint density at radius 2 is 2.10 bits per heavy atom. The normalized spacial score (nSPS) is 18.3. The second-order valence-electron chi connectivity index (χ2n) is 4.61. The molecule has 1 N–H and O–H groups in total. The minimum atomic E-state index is -0.309.